The van der Waals surface area contributed by atoms with E-state index in [1.807, 2.05) is 54.0 Å². The van der Waals surface area contributed by atoms with E-state index < -0.39 is 0 Å². The number of benzene rings is 3. The molecule has 0 unspecified atom stereocenters. The highest BCUT2D eigenvalue weighted by atomic mass is 79.9. The van der Waals surface area contributed by atoms with Crippen LogP contribution in [0.4, 0.5) is 0 Å². The number of hydrogen-bond donors (Lipinski definition) is 0. The fraction of sp³-hybridized carbons (Fsp3) is 0.172. The van der Waals surface area contributed by atoms with Gasteiger partial charge in [-0.2, -0.15) is 0 Å². The van der Waals surface area contributed by atoms with E-state index in [4.69, 9.17) is 9.73 Å². The quantitative estimate of drug-likeness (QED) is 0.342. The van der Waals surface area contributed by atoms with Crippen LogP contribution in [0, 0.1) is 0 Å². The van der Waals surface area contributed by atoms with E-state index in [0.717, 1.165) is 44.7 Å². The van der Waals surface area contributed by atoms with Gasteiger partial charge in [0.2, 0.25) is 0 Å². The zero-order valence-corrected chi connectivity index (χ0v) is 21.6. The minimum absolute atomic E-state index is 0.00183. The molecule has 35 heavy (non-hydrogen) atoms. The van der Waals surface area contributed by atoms with Gasteiger partial charge in [-0.3, -0.25) is 9.36 Å². The van der Waals surface area contributed by atoms with Crippen LogP contribution < -0.4 is 19.6 Å². The standard InChI is InChI=1S/C29H23BrN2O2S/c1-2-34-24-15-12-18(16-23(24)30)17-25-28(33)32-27(20-9-4-3-5-10-20)22-14-13-19-8-6-7-11-21(19)26(22)31-29(32)35-25/h3-12,15-17,27H,2,13-14H2,1H3/b25-17+/t27-/m0/s1. The number of fused-ring (bicyclic) bond motifs is 3. The van der Waals surface area contributed by atoms with Gasteiger partial charge in [0.05, 0.1) is 27.4 Å². The highest BCUT2D eigenvalue weighted by Gasteiger charge is 2.32. The molecule has 3 aromatic carbocycles. The summed E-state index contributed by atoms with van der Waals surface area (Å²) in [5.41, 5.74) is 6.80. The van der Waals surface area contributed by atoms with Gasteiger partial charge in [0.1, 0.15) is 5.75 Å². The molecule has 0 bridgehead atoms. The fourth-order valence-electron chi connectivity index (χ4n) is 4.99. The molecular weight excluding hydrogens is 520 g/mol. The van der Waals surface area contributed by atoms with Crippen LogP contribution >= 0.6 is 27.3 Å². The number of aryl methyl sites for hydroxylation is 1. The first-order valence-electron chi connectivity index (χ1n) is 11.7. The summed E-state index contributed by atoms with van der Waals surface area (Å²) in [6.07, 6.45) is 3.80. The van der Waals surface area contributed by atoms with Crippen molar-refractivity contribution in [1.82, 2.24) is 4.57 Å². The molecule has 1 aliphatic carbocycles. The number of thiazole rings is 1. The van der Waals surface area contributed by atoms with Crippen LogP contribution in [0.3, 0.4) is 0 Å². The lowest BCUT2D eigenvalue weighted by Crippen LogP contribution is -2.38. The van der Waals surface area contributed by atoms with E-state index in [2.05, 4.69) is 52.3 Å². The van der Waals surface area contributed by atoms with Crippen LogP contribution in [0.15, 0.2) is 92.6 Å². The second-order valence-electron chi connectivity index (χ2n) is 8.65. The number of allylic oxidation sites excluding steroid dienone is 1. The monoisotopic (exact) mass is 542 g/mol. The number of aromatic nitrogens is 1. The summed E-state index contributed by atoms with van der Waals surface area (Å²) in [4.78, 5) is 19.6. The summed E-state index contributed by atoms with van der Waals surface area (Å²) in [6, 6.07) is 24.6. The molecule has 0 radical (unpaired) electrons. The number of ether oxygens (including phenoxy) is 1. The second kappa shape index (κ2) is 9.10. The van der Waals surface area contributed by atoms with Crippen molar-refractivity contribution < 1.29 is 4.74 Å². The average Bonchev–Trinajstić information content (AvgIpc) is 3.19. The van der Waals surface area contributed by atoms with Crippen molar-refractivity contribution in [2.45, 2.75) is 25.8 Å². The van der Waals surface area contributed by atoms with Crippen molar-refractivity contribution in [3.63, 3.8) is 0 Å². The lowest BCUT2D eigenvalue weighted by atomic mass is 9.83. The molecule has 0 amide bonds. The molecule has 174 valence electrons. The minimum atomic E-state index is -0.148. The lowest BCUT2D eigenvalue weighted by Gasteiger charge is -2.30. The first kappa shape index (κ1) is 22.3. The van der Waals surface area contributed by atoms with Gasteiger partial charge in [0.25, 0.3) is 5.56 Å². The lowest BCUT2D eigenvalue weighted by molar-refractivity contribution is 0.338. The van der Waals surface area contributed by atoms with Crippen LogP contribution in [0.5, 0.6) is 5.75 Å². The van der Waals surface area contributed by atoms with E-state index in [-0.39, 0.29) is 11.6 Å². The maximum atomic E-state index is 13.8. The Kier molecular flexibility index (Phi) is 5.78. The zero-order chi connectivity index (χ0) is 23.9. The Bertz CT molecular complexity index is 1650. The Morgan fingerprint density at radius 1 is 1.09 bits per heavy atom. The molecule has 1 atom stereocenters. The van der Waals surface area contributed by atoms with Gasteiger partial charge in [-0.25, -0.2) is 4.99 Å². The van der Waals surface area contributed by atoms with Crippen molar-refractivity contribution in [2.24, 2.45) is 4.99 Å². The fourth-order valence-corrected chi connectivity index (χ4v) is 6.50. The van der Waals surface area contributed by atoms with E-state index >= 15 is 0 Å². The van der Waals surface area contributed by atoms with E-state index in [9.17, 15) is 4.79 Å². The van der Waals surface area contributed by atoms with Gasteiger partial charge < -0.3 is 4.74 Å². The maximum absolute atomic E-state index is 13.8. The van der Waals surface area contributed by atoms with Crippen LogP contribution in [-0.4, -0.2) is 11.2 Å². The SMILES string of the molecule is CCOc1ccc(/C=c2/sc3n(c2=O)[C@@H](c2ccccc2)C2=C(N=3)c3ccccc3CC2)cc1Br. The van der Waals surface area contributed by atoms with Crippen LogP contribution in [0.25, 0.3) is 11.8 Å². The van der Waals surface area contributed by atoms with Crippen LogP contribution in [-0.2, 0) is 6.42 Å². The summed E-state index contributed by atoms with van der Waals surface area (Å²) >= 11 is 5.04. The van der Waals surface area contributed by atoms with Crippen molar-refractivity contribution in [3.05, 3.63) is 125 Å². The van der Waals surface area contributed by atoms with Crippen molar-refractivity contribution >= 4 is 39.0 Å². The summed E-state index contributed by atoms with van der Waals surface area (Å²) in [5, 5.41) is 0. The number of rotatable bonds is 4. The van der Waals surface area contributed by atoms with Gasteiger partial charge in [-0.05, 0) is 76.2 Å². The van der Waals surface area contributed by atoms with Gasteiger partial charge in [-0.15, -0.1) is 0 Å². The van der Waals surface area contributed by atoms with Gasteiger partial charge in [0, 0.05) is 5.56 Å². The van der Waals surface area contributed by atoms with Crippen LogP contribution in [0.2, 0.25) is 0 Å². The van der Waals surface area contributed by atoms with Gasteiger partial charge in [-0.1, -0.05) is 72.0 Å². The molecule has 0 saturated carbocycles. The molecule has 4 aromatic rings. The Morgan fingerprint density at radius 3 is 2.69 bits per heavy atom. The minimum Gasteiger partial charge on any atom is -0.493 e. The molecule has 2 heterocycles. The zero-order valence-electron chi connectivity index (χ0n) is 19.2. The average molecular weight is 543 g/mol. The smallest absolute Gasteiger partial charge is 0.271 e. The maximum Gasteiger partial charge on any atom is 0.271 e. The van der Waals surface area contributed by atoms with E-state index in [1.165, 1.54) is 28.0 Å². The highest BCUT2D eigenvalue weighted by Crippen LogP contribution is 2.41. The van der Waals surface area contributed by atoms with Crippen molar-refractivity contribution in [2.75, 3.05) is 6.61 Å². The Morgan fingerprint density at radius 2 is 1.89 bits per heavy atom. The predicted octanol–water partition coefficient (Wildman–Crippen LogP) is 5.48. The third kappa shape index (κ3) is 3.91. The molecule has 0 N–H and O–H groups in total. The largest absolute Gasteiger partial charge is 0.493 e. The van der Waals surface area contributed by atoms with Gasteiger partial charge in [0.15, 0.2) is 4.80 Å². The summed E-state index contributed by atoms with van der Waals surface area (Å²) in [7, 11) is 0. The molecule has 0 spiro atoms. The molecule has 0 saturated heterocycles. The molecule has 6 rings (SSSR count). The van der Waals surface area contributed by atoms with E-state index in [0.29, 0.717) is 11.1 Å². The molecule has 6 heteroatoms. The number of hydrogen-bond acceptors (Lipinski definition) is 4. The topological polar surface area (TPSA) is 43.6 Å². The van der Waals surface area contributed by atoms with Crippen molar-refractivity contribution in [1.29, 1.82) is 0 Å². The second-order valence-corrected chi connectivity index (χ2v) is 10.5. The van der Waals surface area contributed by atoms with E-state index in [1.54, 1.807) is 0 Å². The molecule has 1 aromatic heterocycles. The summed E-state index contributed by atoms with van der Waals surface area (Å²) in [5.74, 6) is 0.793. The third-order valence-electron chi connectivity index (χ3n) is 6.54. The molecule has 0 fully saturated rings. The normalized spacial score (nSPS) is 16.9. The predicted molar refractivity (Wildman–Crippen MR) is 145 cm³/mol. The van der Waals surface area contributed by atoms with Crippen LogP contribution in [0.1, 0.15) is 41.6 Å². The number of halogens is 1. The molecule has 4 nitrogen and oxygen atoms in total. The summed E-state index contributed by atoms with van der Waals surface area (Å²) in [6.45, 7) is 2.56. The number of nitrogens with zero attached hydrogens (tertiary/aromatic N) is 2. The Hall–Kier alpha value is -3.22. The molecular formula is C29H23BrN2O2S. The van der Waals surface area contributed by atoms with Gasteiger partial charge >= 0.3 is 0 Å². The first-order chi connectivity index (χ1) is 17.1. The molecule has 2 aliphatic rings. The molecule has 1 aliphatic heterocycles. The Labute approximate surface area is 215 Å². The third-order valence-corrected chi connectivity index (χ3v) is 8.14. The van der Waals surface area contributed by atoms with Crippen molar-refractivity contribution in [3.8, 4) is 5.75 Å². The summed E-state index contributed by atoms with van der Waals surface area (Å²) < 4.78 is 9.07. The first-order valence-corrected chi connectivity index (χ1v) is 13.4. The Balaban J connectivity index is 1.56. The highest BCUT2D eigenvalue weighted by molar-refractivity contribution is 9.10.